The second-order valence-electron chi connectivity index (χ2n) is 5.18. The Hall–Kier alpha value is -1.05. The van der Waals surface area contributed by atoms with E-state index in [2.05, 4.69) is 14.9 Å². The SMILES string of the molecule is COCCN1CCC[C@@H](c2ncncc2S(C)(=O)=O)C1. The highest BCUT2D eigenvalue weighted by atomic mass is 32.2. The van der Waals surface area contributed by atoms with Gasteiger partial charge in [-0.1, -0.05) is 0 Å². The van der Waals surface area contributed by atoms with E-state index in [-0.39, 0.29) is 10.8 Å². The van der Waals surface area contributed by atoms with Gasteiger partial charge in [-0.2, -0.15) is 0 Å². The number of methoxy groups -OCH3 is 1. The van der Waals surface area contributed by atoms with Crippen LogP contribution in [0.3, 0.4) is 0 Å². The van der Waals surface area contributed by atoms with Crippen molar-refractivity contribution in [3.63, 3.8) is 0 Å². The van der Waals surface area contributed by atoms with Gasteiger partial charge < -0.3 is 9.64 Å². The molecule has 1 atom stereocenters. The summed E-state index contributed by atoms with van der Waals surface area (Å²) in [6.07, 6.45) is 6.05. The number of ether oxygens (including phenoxy) is 1. The van der Waals surface area contributed by atoms with Crippen molar-refractivity contribution >= 4 is 9.84 Å². The fourth-order valence-corrected chi connectivity index (χ4v) is 3.47. The third-order valence-corrected chi connectivity index (χ3v) is 4.72. The van der Waals surface area contributed by atoms with E-state index in [0.29, 0.717) is 12.3 Å². The Bertz CT molecular complexity index is 548. The highest BCUT2D eigenvalue weighted by Gasteiger charge is 2.27. The summed E-state index contributed by atoms with van der Waals surface area (Å²) in [4.78, 5) is 10.6. The van der Waals surface area contributed by atoms with E-state index in [1.807, 2.05) is 0 Å². The van der Waals surface area contributed by atoms with Crippen molar-refractivity contribution in [3.8, 4) is 0 Å². The first-order valence-electron chi connectivity index (χ1n) is 6.73. The minimum absolute atomic E-state index is 0.147. The van der Waals surface area contributed by atoms with Crippen LogP contribution >= 0.6 is 0 Å². The molecular weight excluding hydrogens is 278 g/mol. The lowest BCUT2D eigenvalue weighted by molar-refractivity contribution is 0.127. The normalized spacial score (nSPS) is 21.0. The standard InChI is InChI=1S/C13H21N3O3S/c1-19-7-6-16-5-3-4-11(9-16)13-12(20(2,17)18)8-14-10-15-13/h8,10-11H,3-7,9H2,1-2H3/t11-/m1/s1. The van der Waals surface area contributed by atoms with Gasteiger partial charge >= 0.3 is 0 Å². The minimum Gasteiger partial charge on any atom is -0.383 e. The number of hydrogen-bond donors (Lipinski definition) is 0. The van der Waals surface area contributed by atoms with E-state index in [4.69, 9.17) is 4.74 Å². The van der Waals surface area contributed by atoms with Crippen LogP contribution in [0.2, 0.25) is 0 Å². The molecule has 20 heavy (non-hydrogen) atoms. The fourth-order valence-electron chi connectivity index (χ4n) is 2.62. The summed E-state index contributed by atoms with van der Waals surface area (Å²) in [6, 6.07) is 0. The van der Waals surface area contributed by atoms with Crippen LogP contribution in [-0.2, 0) is 14.6 Å². The molecule has 7 heteroatoms. The summed E-state index contributed by atoms with van der Waals surface area (Å²) < 4.78 is 28.8. The molecule has 0 aromatic carbocycles. The molecule has 1 aromatic rings. The fraction of sp³-hybridized carbons (Fsp3) is 0.692. The average Bonchev–Trinajstić information content (AvgIpc) is 2.44. The first kappa shape index (κ1) is 15.3. The van der Waals surface area contributed by atoms with Gasteiger partial charge in [0, 0.05) is 38.6 Å². The Morgan fingerprint density at radius 2 is 2.30 bits per heavy atom. The predicted octanol–water partition coefficient (Wildman–Crippen LogP) is 0.706. The number of hydrogen-bond acceptors (Lipinski definition) is 6. The van der Waals surface area contributed by atoms with E-state index in [9.17, 15) is 8.42 Å². The number of likely N-dealkylation sites (tertiary alicyclic amines) is 1. The van der Waals surface area contributed by atoms with Crippen LogP contribution in [0, 0.1) is 0 Å². The zero-order valence-electron chi connectivity index (χ0n) is 11.9. The Morgan fingerprint density at radius 1 is 1.50 bits per heavy atom. The van der Waals surface area contributed by atoms with Crippen molar-refractivity contribution in [1.82, 2.24) is 14.9 Å². The van der Waals surface area contributed by atoms with Gasteiger partial charge in [0.2, 0.25) is 0 Å². The maximum atomic E-state index is 11.8. The average molecular weight is 299 g/mol. The summed E-state index contributed by atoms with van der Waals surface area (Å²) in [5.74, 6) is 0.147. The molecule has 0 N–H and O–H groups in total. The molecule has 0 radical (unpaired) electrons. The smallest absolute Gasteiger partial charge is 0.178 e. The monoisotopic (exact) mass is 299 g/mol. The zero-order chi connectivity index (χ0) is 14.6. The summed E-state index contributed by atoms with van der Waals surface area (Å²) in [5.41, 5.74) is 0.657. The minimum atomic E-state index is -3.29. The lowest BCUT2D eigenvalue weighted by atomic mass is 9.94. The van der Waals surface area contributed by atoms with Gasteiger partial charge in [0.15, 0.2) is 9.84 Å². The van der Waals surface area contributed by atoms with Crippen LogP contribution in [0.15, 0.2) is 17.4 Å². The van der Waals surface area contributed by atoms with E-state index in [1.165, 1.54) is 18.8 Å². The van der Waals surface area contributed by atoms with Crippen LogP contribution in [0.4, 0.5) is 0 Å². The molecule has 2 rings (SSSR count). The topological polar surface area (TPSA) is 72.4 Å². The number of nitrogens with zero attached hydrogens (tertiary/aromatic N) is 3. The summed E-state index contributed by atoms with van der Waals surface area (Å²) in [5, 5.41) is 0. The molecule has 6 nitrogen and oxygen atoms in total. The zero-order valence-corrected chi connectivity index (χ0v) is 12.8. The second kappa shape index (κ2) is 6.60. The second-order valence-corrected chi connectivity index (χ2v) is 7.16. The Labute approximate surface area is 120 Å². The van der Waals surface area contributed by atoms with Crippen LogP contribution < -0.4 is 0 Å². The molecule has 0 bridgehead atoms. The number of aromatic nitrogens is 2. The first-order valence-corrected chi connectivity index (χ1v) is 8.62. The third kappa shape index (κ3) is 3.74. The van der Waals surface area contributed by atoms with Gasteiger partial charge in [-0.15, -0.1) is 0 Å². The third-order valence-electron chi connectivity index (χ3n) is 3.61. The highest BCUT2D eigenvalue weighted by Crippen LogP contribution is 2.29. The van der Waals surface area contributed by atoms with Gasteiger partial charge in [0.05, 0.1) is 12.3 Å². The van der Waals surface area contributed by atoms with E-state index >= 15 is 0 Å². The van der Waals surface area contributed by atoms with Crippen molar-refractivity contribution < 1.29 is 13.2 Å². The molecule has 0 unspecified atom stereocenters. The molecule has 2 heterocycles. The molecule has 1 saturated heterocycles. The van der Waals surface area contributed by atoms with Crippen LogP contribution in [0.5, 0.6) is 0 Å². The van der Waals surface area contributed by atoms with Gasteiger partial charge in [-0.3, -0.25) is 0 Å². The number of rotatable bonds is 5. The molecule has 1 fully saturated rings. The molecule has 0 spiro atoms. The summed E-state index contributed by atoms with van der Waals surface area (Å²) in [6.45, 7) is 3.41. The lowest BCUT2D eigenvalue weighted by Gasteiger charge is -2.32. The number of piperidine rings is 1. The Morgan fingerprint density at radius 3 is 3.00 bits per heavy atom. The maximum absolute atomic E-state index is 11.8. The highest BCUT2D eigenvalue weighted by molar-refractivity contribution is 7.90. The van der Waals surface area contributed by atoms with E-state index in [1.54, 1.807) is 7.11 Å². The molecule has 1 aliphatic rings. The Balaban J connectivity index is 2.19. The van der Waals surface area contributed by atoms with Crippen molar-refractivity contribution in [2.75, 3.05) is 39.6 Å². The first-order chi connectivity index (χ1) is 9.52. The van der Waals surface area contributed by atoms with E-state index in [0.717, 1.165) is 32.5 Å². The molecule has 1 aromatic heterocycles. The molecular formula is C13H21N3O3S. The van der Waals surface area contributed by atoms with Crippen LogP contribution in [0.1, 0.15) is 24.5 Å². The van der Waals surface area contributed by atoms with Crippen molar-refractivity contribution in [3.05, 3.63) is 18.2 Å². The molecule has 0 amide bonds. The van der Waals surface area contributed by atoms with Crippen molar-refractivity contribution in [2.24, 2.45) is 0 Å². The molecule has 112 valence electrons. The summed E-state index contributed by atoms with van der Waals surface area (Å²) >= 11 is 0. The molecule has 0 saturated carbocycles. The maximum Gasteiger partial charge on any atom is 0.178 e. The Kier molecular flexibility index (Phi) is 5.06. The molecule has 1 aliphatic heterocycles. The number of sulfone groups is 1. The van der Waals surface area contributed by atoms with Crippen LogP contribution in [-0.4, -0.2) is 62.9 Å². The van der Waals surface area contributed by atoms with Crippen LogP contribution in [0.25, 0.3) is 0 Å². The van der Waals surface area contributed by atoms with Gasteiger partial charge in [-0.25, -0.2) is 18.4 Å². The van der Waals surface area contributed by atoms with Gasteiger partial charge in [0.25, 0.3) is 0 Å². The van der Waals surface area contributed by atoms with Gasteiger partial charge in [0.1, 0.15) is 11.2 Å². The summed E-state index contributed by atoms with van der Waals surface area (Å²) in [7, 11) is -1.60. The van der Waals surface area contributed by atoms with Crippen molar-refractivity contribution in [2.45, 2.75) is 23.7 Å². The van der Waals surface area contributed by atoms with Crippen molar-refractivity contribution in [1.29, 1.82) is 0 Å². The molecule has 0 aliphatic carbocycles. The van der Waals surface area contributed by atoms with E-state index < -0.39 is 9.84 Å². The quantitative estimate of drug-likeness (QED) is 0.797. The largest absolute Gasteiger partial charge is 0.383 e. The predicted molar refractivity (Wildman–Crippen MR) is 75.4 cm³/mol. The lowest BCUT2D eigenvalue weighted by Crippen LogP contribution is -2.37. The van der Waals surface area contributed by atoms with Gasteiger partial charge in [-0.05, 0) is 19.4 Å².